The second kappa shape index (κ2) is 18.1. The number of hydrogen-bond donors (Lipinski definition) is 2. The summed E-state index contributed by atoms with van der Waals surface area (Å²) in [5.41, 5.74) is -0.303. The lowest BCUT2D eigenvalue weighted by molar-refractivity contribution is -0.139. The van der Waals surface area contributed by atoms with E-state index in [1.54, 1.807) is 0 Å². The third-order valence-electron chi connectivity index (χ3n) is 1.83. The number of carbonyl (C=O) groups excluding carboxylic acids is 2. The van der Waals surface area contributed by atoms with Crippen LogP contribution in [0.4, 0.5) is 0 Å². The first-order valence-corrected chi connectivity index (χ1v) is 6.82. The summed E-state index contributed by atoms with van der Waals surface area (Å²) in [5.74, 6) is -3.10. The SMILES string of the molecule is C=C(CC(=O)O)C(=O)O.C=CC(=O)OCCCC.C=COC(C)=O. The van der Waals surface area contributed by atoms with Crippen LogP contribution in [0.1, 0.15) is 33.1 Å². The molecule has 0 aromatic rings. The molecular formula is C16H24O8. The largest absolute Gasteiger partial charge is 0.481 e. The minimum Gasteiger partial charge on any atom is -0.481 e. The smallest absolute Gasteiger partial charge is 0.331 e. The predicted molar refractivity (Wildman–Crippen MR) is 87.1 cm³/mol. The highest BCUT2D eigenvalue weighted by molar-refractivity contribution is 5.91. The maximum Gasteiger partial charge on any atom is 0.331 e. The van der Waals surface area contributed by atoms with Crippen LogP contribution in [0.15, 0.2) is 37.6 Å². The van der Waals surface area contributed by atoms with E-state index in [-0.39, 0.29) is 17.5 Å². The first-order chi connectivity index (χ1) is 11.1. The Balaban J connectivity index is -0.000000282. The number of hydrogen-bond acceptors (Lipinski definition) is 6. The summed E-state index contributed by atoms with van der Waals surface area (Å²) in [4.78, 5) is 39.8. The van der Waals surface area contributed by atoms with Gasteiger partial charge in [-0.15, -0.1) is 0 Å². The lowest BCUT2D eigenvalue weighted by Crippen LogP contribution is -2.04. The van der Waals surface area contributed by atoms with Crippen molar-refractivity contribution in [2.75, 3.05) is 6.61 Å². The van der Waals surface area contributed by atoms with Crippen molar-refractivity contribution in [3.8, 4) is 0 Å². The quantitative estimate of drug-likeness (QED) is 0.297. The van der Waals surface area contributed by atoms with E-state index in [0.717, 1.165) is 19.1 Å². The van der Waals surface area contributed by atoms with Crippen molar-refractivity contribution in [2.24, 2.45) is 0 Å². The Labute approximate surface area is 141 Å². The molecule has 0 rings (SSSR count). The van der Waals surface area contributed by atoms with Gasteiger partial charge in [0.1, 0.15) is 0 Å². The Morgan fingerprint density at radius 3 is 1.88 bits per heavy atom. The van der Waals surface area contributed by atoms with Gasteiger partial charge >= 0.3 is 23.9 Å². The van der Waals surface area contributed by atoms with E-state index in [1.165, 1.54) is 13.0 Å². The number of carboxylic acid groups (broad SMARTS) is 2. The molecule has 0 aliphatic carbocycles. The zero-order chi connectivity index (χ0) is 19.5. The Kier molecular flexibility index (Phi) is 19.7. The fraction of sp³-hybridized carbons (Fsp3) is 0.375. The molecule has 2 N–H and O–H groups in total. The van der Waals surface area contributed by atoms with Gasteiger partial charge in [-0.3, -0.25) is 9.59 Å². The molecular weight excluding hydrogens is 320 g/mol. The molecule has 136 valence electrons. The number of rotatable bonds is 8. The standard InChI is InChI=1S/C7H12O2.C5H6O4.C4H6O2/c1-3-5-6-9-7(8)4-2;1-3(5(8)9)2-4(6)7;1-3-6-4(2)5/h4H,2-3,5-6H2,1H3;1-2H2,(H,6,7)(H,8,9);3H,1H2,2H3. The van der Waals surface area contributed by atoms with Gasteiger partial charge in [-0.2, -0.15) is 0 Å². The molecule has 0 saturated carbocycles. The molecule has 0 saturated heterocycles. The summed E-state index contributed by atoms with van der Waals surface area (Å²) >= 11 is 0. The minimum atomic E-state index is -1.27. The van der Waals surface area contributed by atoms with Crippen LogP contribution in [0.5, 0.6) is 0 Å². The van der Waals surface area contributed by atoms with E-state index in [9.17, 15) is 19.2 Å². The third-order valence-corrected chi connectivity index (χ3v) is 1.83. The number of carbonyl (C=O) groups is 4. The van der Waals surface area contributed by atoms with Crippen LogP contribution < -0.4 is 0 Å². The average Bonchev–Trinajstić information content (AvgIpc) is 2.47. The molecule has 8 nitrogen and oxygen atoms in total. The fourth-order valence-electron chi connectivity index (χ4n) is 0.752. The molecule has 0 fully saturated rings. The molecule has 0 aliphatic rings. The summed E-state index contributed by atoms with van der Waals surface area (Å²) in [7, 11) is 0. The van der Waals surface area contributed by atoms with Crippen LogP contribution >= 0.6 is 0 Å². The number of carboxylic acids is 2. The van der Waals surface area contributed by atoms with E-state index >= 15 is 0 Å². The van der Waals surface area contributed by atoms with Crippen molar-refractivity contribution in [3.63, 3.8) is 0 Å². The van der Waals surface area contributed by atoms with Crippen molar-refractivity contribution in [2.45, 2.75) is 33.1 Å². The first-order valence-electron chi connectivity index (χ1n) is 6.82. The third kappa shape index (κ3) is 27.4. The summed E-state index contributed by atoms with van der Waals surface area (Å²) < 4.78 is 8.84. The summed E-state index contributed by atoms with van der Waals surface area (Å²) in [5, 5.41) is 16.1. The first kappa shape index (κ1) is 26.0. The monoisotopic (exact) mass is 344 g/mol. The molecule has 0 bridgehead atoms. The van der Waals surface area contributed by atoms with Gasteiger partial charge in [0.15, 0.2) is 0 Å². The number of unbranched alkanes of at least 4 members (excludes halogenated alkanes) is 1. The van der Waals surface area contributed by atoms with E-state index in [4.69, 9.17) is 10.2 Å². The highest BCUT2D eigenvalue weighted by atomic mass is 16.5. The van der Waals surface area contributed by atoms with Gasteiger partial charge in [0.25, 0.3) is 0 Å². The van der Waals surface area contributed by atoms with Crippen LogP contribution in [0.25, 0.3) is 0 Å². The fourth-order valence-corrected chi connectivity index (χ4v) is 0.752. The molecule has 0 aromatic heterocycles. The Hall–Kier alpha value is -2.90. The number of aliphatic carboxylic acids is 2. The van der Waals surface area contributed by atoms with Gasteiger partial charge in [-0.05, 0) is 6.42 Å². The molecule has 0 aliphatic heterocycles. The molecule has 0 unspecified atom stereocenters. The van der Waals surface area contributed by atoms with Crippen molar-refractivity contribution in [1.29, 1.82) is 0 Å². The van der Waals surface area contributed by atoms with Crippen LogP contribution in [-0.4, -0.2) is 40.7 Å². The maximum absolute atomic E-state index is 10.3. The molecule has 24 heavy (non-hydrogen) atoms. The molecule has 0 aromatic carbocycles. The van der Waals surface area contributed by atoms with Crippen molar-refractivity contribution < 1.29 is 38.9 Å². The van der Waals surface area contributed by atoms with Gasteiger partial charge in [0, 0.05) is 18.6 Å². The highest BCUT2D eigenvalue weighted by Gasteiger charge is 2.07. The van der Waals surface area contributed by atoms with Gasteiger partial charge in [-0.25, -0.2) is 9.59 Å². The van der Waals surface area contributed by atoms with Gasteiger partial charge in [0.05, 0.1) is 19.3 Å². The van der Waals surface area contributed by atoms with E-state index in [2.05, 4.69) is 29.2 Å². The van der Waals surface area contributed by atoms with E-state index in [0.29, 0.717) is 6.61 Å². The zero-order valence-corrected chi connectivity index (χ0v) is 13.9. The molecule has 8 heteroatoms. The van der Waals surface area contributed by atoms with Crippen molar-refractivity contribution in [1.82, 2.24) is 0 Å². The Morgan fingerprint density at radius 1 is 1.12 bits per heavy atom. The maximum atomic E-state index is 10.3. The van der Waals surface area contributed by atoms with Crippen LogP contribution in [0.3, 0.4) is 0 Å². The average molecular weight is 344 g/mol. The summed E-state index contributed by atoms with van der Waals surface area (Å²) in [6.07, 6.45) is 3.75. The van der Waals surface area contributed by atoms with Crippen molar-refractivity contribution >= 4 is 23.9 Å². The molecule has 0 amide bonds. The van der Waals surface area contributed by atoms with Gasteiger partial charge in [0.2, 0.25) is 0 Å². The lowest BCUT2D eigenvalue weighted by atomic mass is 10.2. The summed E-state index contributed by atoms with van der Waals surface area (Å²) in [6.45, 7) is 13.3. The molecule has 0 radical (unpaired) electrons. The van der Waals surface area contributed by atoms with Gasteiger partial charge < -0.3 is 19.7 Å². The second-order valence-electron chi connectivity index (χ2n) is 3.98. The predicted octanol–water partition coefficient (Wildman–Crippen LogP) is 2.31. The molecule has 0 atom stereocenters. The minimum absolute atomic E-state index is 0.303. The van der Waals surface area contributed by atoms with Gasteiger partial charge in [-0.1, -0.05) is 33.1 Å². The number of esters is 2. The Bertz CT molecular complexity index is 451. The van der Waals surface area contributed by atoms with E-state index < -0.39 is 18.4 Å². The normalized spacial score (nSPS) is 8.08. The lowest BCUT2D eigenvalue weighted by Gasteiger charge is -1.97. The topological polar surface area (TPSA) is 127 Å². The summed E-state index contributed by atoms with van der Waals surface area (Å²) in [6, 6.07) is 0. The van der Waals surface area contributed by atoms with Crippen molar-refractivity contribution in [3.05, 3.63) is 37.6 Å². The molecule has 0 heterocycles. The van der Waals surface area contributed by atoms with Crippen LogP contribution in [0, 0.1) is 0 Å². The van der Waals surface area contributed by atoms with E-state index in [1.807, 2.05) is 6.92 Å². The molecule has 0 spiro atoms. The van der Waals surface area contributed by atoms with Crippen LogP contribution in [-0.2, 0) is 28.7 Å². The zero-order valence-electron chi connectivity index (χ0n) is 13.9. The number of ether oxygens (including phenoxy) is 2. The Morgan fingerprint density at radius 2 is 1.67 bits per heavy atom. The highest BCUT2D eigenvalue weighted by Crippen LogP contribution is 1.95. The second-order valence-corrected chi connectivity index (χ2v) is 3.98. The van der Waals surface area contributed by atoms with Crippen LogP contribution in [0.2, 0.25) is 0 Å².